The first-order valence-electron chi connectivity index (χ1n) is 13.4. The molecule has 0 saturated heterocycles. The van der Waals surface area contributed by atoms with Gasteiger partial charge in [-0.1, -0.05) is 34.1 Å². The first kappa shape index (κ1) is 26.7. The van der Waals surface area contributed by atoms with E-state index in [2.05, 4.69) is 20.8 Å². The van der Waals surface area contributed by atoms with Crippen LogP contribution in [-0.4, -0.2) is 43.3 Å². The molecule has 0 bridgehead atoms. The zero-order chi connectivity index (χ0) is 26.6. The Morgan fingerprint density at radius 1 is 0.868 bits per heavy atom. The molecule has 0 amide bonds. The van der Waals surface area contributed by atoms with Crippen molar-refractivity contribution < 1.29 is 23.8 Å². The molecule has 0 saturated carbocycles. The largest absolute Gasteiger partial charge is 0.490 e. The highest BCUT2D eigenvalue weighted by Crippen LogP contribution is 2.50. The van der Waals surface area contributed by atoms with Crippen molar-refractivity contribution in [2.45, 2.75) is 58.0 Å². The monoisotopic (exact) mass is 579 g/mol. The molecule has 6 nitrogen and oxygen atoms in total. The Bertz CT molecular complexity index is 1240. The topological polar surface area (TPSA) is 65.1 Å². The Labute approximate surface area is 232 Å². The molecule has 2 aromatic rings. The van der Waals surface area contributed by atoms with Gasteiger partial charge in [-0.05, 0) is 68.0 Å². The average molecular weight is 581 g/mol. The summed E-state index contributed by atoms with van der Waals surface area (Å²) in [5, 5.41) is 0. The molecule has 5 rings (SSSR count). The van der Waals surface area contributed by atoms with Crippen molar-refractivity contribution in [3.05, 3.63) is 80.6 Å². The van der Waals surface area contributed by atoms with Crippen LogP contribution in [0, 0.1) is 0 Å². The molecule has 0 fully saturated rings. The van der Waals surface area contributed by atoms with Gasteiger partial charge in [0.15, 0.2) is 23.1 Å². The SMILES string of the molecule is CCOc1cc(C2C3=C(CCCC3=O)N(CCOC)C3=C2C(=O)CCC3)ccc1OCc1ccc(Br)cc1. The highest BCUT2D eigenvalue weighted by atomic mass is 79.9. The Kier molecular flexibility index (Phi) is 8.34. The van der Waals surface area contributed by atoms with Gasteiger partial charge in [0, 0.05) is 59.4 Å². The molecule has 2 aromatic carbocycles. The van der Waals surface area contributed by atoms with Gasteiger partial charge in [0.2, 0.25) is 0 Å². The van der Waals surface area contributed by atoms with Crippen LogP contribution in [0.25, 0.3) is 0 Å². The molecule has 200 valence electrons. The Morgan fingerprint density at radius 2 is 1.53 bits per heavy atom. The predicted molar refractivity (Wildman–Crippen MR) is 149 cm³/mol. The normalized spacial score (nSPS) is 18.0. The number of nitrogens with zero attached hydrogens (tertiary/aromatic N) is 1. The smallest absolute Gasteiger partial charge is 0.161 e. The van der Waals surface area contributed by atoms with Crippen LogP contribution in [0.2, 0.25) is 0 Å². The molecule has 38 heavy (non-hydrogen) atoms. The quantitative estimate of drug-likeness (QED) is 0.338. The summed E-state index contributed by atoms with van der Waals surface area (Å²) in [6.07, 6.45) is 4.35. The molecule has 7 heteroatoms. The second-order valence-corrected chi connectivity index (χ2v) is 10.8. The number of carbonyl (C=O) groups excluding carboxylic acids is 2. The van der Waals surface area contributed by atoms with Crippen molar-refractivity contribution in [2.24, 2.45) is 0 Å². The van der Waals surface area contributed by atoms with E-state index >= 15 is 0 Å². The molecule has 0 N–H and O–H groups in total. The van der Waals surface area contributed by atoms with E-state index in [0.717, 1.165) is 63.8 Å². The van der Waals surface area contributed by atoms with E-state index < -0.39 is 0 Å². The summed E-state index contributed by atoms with van der Waals surface area (Å²) in [6.45, 7) is 4.02. The van der Waals surface area contributed by atoms with Gasteiger partial charge in [-0.3, -0.25) is 9.59 Å². The lowest BCUT2D eigenvalue weighted by atomic mass is 9.71. The minimum atomic E-state index is -0.376. The van der Waals surface area contributed by atoms with Gasteiger partial charge in [-0.25, -0.2) is 0 Å². The van der Waals surface area contributed by atoms with Crippen LogP contribution in [0.1, 0.15) is 62.5 Å². The highest BCUT2D eigenvalue weighted by Gasteiger charge is 2.43. The molecular weight excluding hydrogens is 546 g/mol. The molecule has 0 radical (unpaired) electrons. The van der Waals surface area contributed by atoms with E-state index in [0.29, 0.717) is 50.7 Å². The molecule has 1 aliphatic heterocycles. The van der Waals surface area contributed by atoms with Crippen molar-refractivity contribution in [3.63, 3.8) is 0 Å². The average Bonchev–Trinajstić information content (AvgIpc) is 2.92. The van der Waals surface area contributed by atoms with Crippen molar-refractivity contribution in [1.82, 2.24) is 4.90 Å². The van der Waals surface area contributed by atoms with Crippen LogP contribution in [0.15, 0.2) is 69.5 Å². The summed E-state index contributed by atoms with van der Waals surface area (Å²) in [4.78, 5) is 29.1. The Balaban J connectivity index is 1.55. The first-order chi connectivity index (χ1) is 18.5. The Morgan fingerprint density at radius 3 is 2.13 bits per heavy atom. The zero-order valence-corrected chi connectivity index (χ0v) is 23.6. The fourth-order valence-electron chi connectivity index (χ4n) is 5.84. The predicted octanol–water partition coefficient (Wildman–Crippen LogP) is 6.49. The number of hydrogen-bond acceptors (Lipinski definition) is 6. The standard InChI is InChI=1S/C31H34BrNO5/c1-3-37-28-18-21(12-15-27(28)38-19-20-10-13-22(32)14-11-20)29-30-23(6-4-8-25(30)34)33(16-17-36-2)24-7-5-9-26(35)31(24)29/h10-15,18,29H,3-9,16-17,19H2,1-2H3. The van der Waals surface area contributed by atoms with E-state index in [1.54, 1.807) is 7.11 Å². The maximum absolute atomic E-state index is 13.5. The summed E-state index contributed by atoms with van der Waals surface area (Å²) in [5.74, 6) is 1.16. The van der Waals surface area contributed by atoms with Crippen molar-refractivity contribution in [1.29, 1.82) is 0 Å². The summed E-state index contributed by atoms with van der Waals surface area (Å²) < 4.78 is 18.6. The van der Waals surface area contributed by atoms with Crippen LogP contribution >= 0.6 is 15.9 Å². The summed E-state index contributed by atoms with van der Waals surface area (Å²) in [5.41, 5.74) is 5.62. The second kappa shape index (κ2) is 11.9. The zero-order valence-electron chi connectivity index (χ0n) is 22.1. The third-order valence-corrected chi connectivity index (χ3v) is 8.04. The van der Waals surface area contributed by atoms with E-state index in [1.165, 1.54) is 0 Å². The van der Waals surface area contributed by atoms with Gasteiger partial charge in [0.05, 0.1) is 13.2 Å². The van der Waals surface area contributed by atoms with Gasteiger partial charge < -0.3 is 19.1 Å². The van der Waals surface area contributed by atoms with E-state index in [-0.39, 0.29) is 17.5 Å². The molecule has 0 unspecified atom stereocenters. The number of methoxy groups -OCH3 is 1. The van der Waals surface area contributed by atoms with Crippen LogP contribution in [0.5, 0.6) is 11.5 Å². The highest BCUT2D eigenvalue weighted by molar-refractivity contribution is 9.10. The molecule has 0 aromatic heterocycles. The van der Waals surface area contributed by atoms with Crippen LogP contribution in [0.4, 0.5) is 0 Å². The minimum Gasteiger partial charge on any atom is -0.490 e. The number of ether oxygens (including phenoxy) is 3. The number of hydrogen-bond donors (Lipinski definition) is 0. The van der Waals surface area contributed by atoms with E-state index in [1.807, 2.05) is 49.4 Å². The number of halogens is 1. The molecule has 0 spiro atoms. The molecule has 1 heterocycles. The second-order valence-electron chi connectivity index (χ2n) is 9.91. The third kappa shape index (κ3) is 5.32. The van der Waals surface area contributed by atoms with Gasteiger partial charge in [-0.15, -0.1) is 0 Å². The summed E-state index contributed by atoms with van der Waals surface area (Å²) >= 11 is 3.47. The number of rotatable bonds is 9. The lowest BCUT2D eigenvalue weighted by molar-refractivity contribution is -0.117. The van der Waals surface area contributed by atoms with Crippen LogP contribution < -0.4 is 9.47 Å². The Hall–Kier alpha value is -2.90. The van der Waals surface area contributed by atoms with Gasteiger partial charge >= 0.3 is 0 Å². The minimum absolute atomic E-state index is 0.136. The van der Waals surface area contributed by atoms with E-state index in [9.17, 15) is 9.59 Å². The summed E-state index contributed by atoms with van der Waals surface area (Å²) in [6, 6.07) is 13.9. The summed E-state index contributed by atoms with van der Waals surface area (Å²) in [7, 11) is 1.69. The number of ketones is 2. The molecular formula is C31H34BrNO5. The van der Waals surface area contributed by atoms with Crippen LogP contribution in [0.3, 0.4) is 0 Å². The van der Waals surface area contributed by atoms with Gasteiger partial charge in [-0.2, -0.15) is 0 Å². The first-order valence-corrected chi connectivity index (χ1v) is 14.2. The van der Waals surface area contributed by atoms with Crippen LogP contribution in [-0.2, 0) is 20.9 Å². The maximum Gasteiger partial charge on any atom is 0.161 e. The van der Waals surface area contributed by atoms with Crippen molar-refractivity contribution in [2.75, 3.05) is 26.9 Å². The molecule has 3 aliphatic rings. The lowest BCUT2D eigenvalue weighted by Gasteiger charge is -2.44. The van der Waals surface area contributed by atoms with Gasteiger partial charge in [0.25, 0.3) is 0 Å². The van der Waals surface area contributed by atoms with Crippen molar-refractivity contribution in [3.8, 4) is 11.5 Å². The number of allylic oxidation sites excluding steroid dienone is 4. The number of Topliss-reactive ketones (excluding diaryl/α,β-unsaturated/α-hetero) is 2. The molecule has 2 aliphatic carbocycles. The lowest BCUT2D eigenvalue weighted by Crippen LogP contribution is -2.40. The number of benzene rings is 2. The fourth-order valence-corrected chi connectivity index (χ4v) is 6.10. The number of carbonyl (C=O) groups is 2. The van der Waals surface area contributed by atoms with Crippen molar-refractivity contribution >= 4 is 27.5 Å². The maximum atomic E-state index is 13.5. The van der Waals surface area contributed by atoms with E-state index in [4.69, 9.17) is 14.2 Å². The van der Waals surface area contributed by atoms with Gasteiger partial charge in [0.1, 0.15) is 6.61 Å². The fraction of sp³-hybridized carbons (Fsp3) is 0.419. The third-order valence-electron chi connectivity index (χ3n) is 7.51. The molecule has 0 atom stereocenters.